The molecule has 12 aromatic rings. The third-order valence-electron chi connectivity index (χ3n) is 14.5. The first kappa shape index (κ1) is 40.0. The molecule has 2 aliphatic heterocycles. The zero-order valence-corrected chi connectivity index (χ0v) is 38.3. The third-order valence-corrected chi connectivity index (χ3v) is 14.5. The van der Waals surface area contributed by atoms with Gasteiger partial charge in [-0.15, -0.1) is 0 Å². The number of nitrogens with zero attached hydrogens (tertiary/aromatic N) is 3. The second kappa shape index (κ2) is 16.3. The molecule has 0 bridgehead atoms. The van der Waals surface area contributed by atoms with Crippen molar-refractivity contribution in [2.45, 2.75) is 0 Å². The smallest absolute Gasteiger partial charge is 0.252 e. The lowest BCUT2D eigenvalue weighted by molar-refractivity contribution is 1.18. The molecule has 0 unspecified atom stereocenters. The lowest BCUT2D eigenvalue weighted by Gasteiger charge is -2.44. The number of benzene rings is 11. The third kappa shape index (κ3) is 6.38. The molecule has 14 rings (SSSR count). The molecule has 70 heavy (non-hydrogen) atoms. The largest absolute Gasteiger partial charge is 0.311 e. The van der Waals surface area contributed by atoms with Gasteiger partial charge in [-0.25, -0.2) is 0 Å². The summed E-state index contributed by atoms with van der Waals surface area (Å²) < 4.78 is 2.48. The summed E-state index contributed by atoms with van der Waals surface area (Å²) in [5, 5.41) is 2.46. The van der Waals surface area contributed by atoms with Gasteiger partial charge in [-0.1, -0.05) is 200 Å². The Morgan fingerprint density at radius 3 is 1.40 bits per heavy atom. The van der Waals surface area contributed by atoms with Crippen LogP contribution in [-0.2, 0) is 0 Å². The highest BCUT2D eigenvalue weighted by Gasteiger charge is 2.44. The molecule has 0 N–H and O–H groups in total. The van der Waals surface area contributed by atoms with Crippen molar-refractivity contribution in [1.29, 1.82) is 0 Å². The second-order valence-corrected chi connectivity index (χ2v) is 18.4. The van der Waals surface area contributed by atoms with Gasteiger partial charge in [-0.05, 0) is 128 Å². The van der Waals surface area contributed by atoms with Gasteiger partial charge in [0.25, 0.3) is 6.71 Å². The summed E-state index contributed by atoms with van der Waals surface area (Å²) in [6.07, 6.45) is 0. The standard InChI is InChI=1S/C66H44BN3/c1-5-18-45(19-6-1)49-34-37-53(38-35-49)68-60-40-36-52(48-24-11-4-12-25-48)44-58(60)67-57-39-41-61-64(56-30-13-14-31-59(56)69(61)54-28-15-26-50(42-54)46-20-7-2-8-21-46)66(57)70(63-33-17-32-62(68)65(63)67)55-29-16-27-51(43-55)47-22-9-3-10-23-47/h1-44H. The first-order valence-corrected chi connectivity index (χ1v) is 24.2. The molecule has 0 aliphatic carbocycles. The van der Waals surface area contributed by atoms with Crippen LogP contribution in [0.5, 0.6) is 0 Å². The van der Waals surface area contributed by atoms with Crippen LogP contribution in [-0.4, -0.2) is 11.3 Å². The van der Waals surface area contributed by atoms with Crippen LogP contribution >= 0.6 is 0 Å². The lowest BCUT2D eigenvalue weighted by Crippen LogP contribution is -2.61. The normalized spacial score (nSPS) is 12.5. The Bertz CT molecular complexity index is 3940. The van der Waals surface area contributed by atoms with E-state index >= 15 is 0 Å². The summed E-state index contributed by atoms with van der Waals surface area (Å²) in [4.78, 5) is 5.08. The van der Waals surface area contributed by atoms with Gasteiger partial charge in [-0.3, -0.25) is 0 Å². The molecule has 3 nitrogen and oxygen atoms in total. The lowest BCUT2D eigenvalue weighted by atomic mass is 9.33. The van der Waals surface area contributed by atoms with E-state index in [-0.39, 0.29) is 6.71 Å². The molecule has 0 spiro atoms. The number of hydrogen-bond acceptors (Lipinski definition) is 2. The molecule has 0 amide bonds. The van der Waals surface area contributed by atoms with Gasteiger partial charge in [0.15, 0.2) is 0 Å². The monoisotopic (exact) mass is 889 g/mol. The summed E-state index contributed by atoms with van der Waals surface area (Å²) in [6.45, 7) is -0.0684. The van der Waals surface area contributed by atoms with Crippen molar-refractivity contribution in [2.75, 3.05) is 9.80 Å². The quantitative estimate of drug-likeness (QED) is 0.148. The van der Waals surface area contributed by atoms with E-state index in [0.717, 1.165) is 17.1 Å². The van der Waals surface area contributed by atoms with E-state index in [1.165, 1.54) is 105 Å². The van der Waals surface area contributed by atoms with E-state index in [2.05, 4.69) is 281 Å². The molecule has 3 heterocycles. The SMILES string of the molecule is c1ccc(-c2ccc(N3c4ccc(-c5ccccc5)cc4B4c5ccc6c(c5N(c5cccc(-c7ccccc7)c5)c5cccc3c54)c3ccccc3n6-c3cccc(-c4ccccc4)c3)cc2)cc1. The van der Waals surface area contributed by atoms with Crippen LogP contribution in [0.3, 0.4) is 0 Å². The highest BCUT2D eigenvalue weighted by Crippen LogP contribution is 2.49. The Balaban J connectivity index is 1.06. The summed E-state index contributed by atoms with van der Waals surface area (Å²) in [6, 6.07) is 98.1. The highest BCUT2D eigenvalue weighted by atomic mass is 15.2. The topological polar surface area (TPSA) is 11.4 Å². The van der Waals surface area contributed by atoms with Crippen molar-refractivity contribution in [2.24, 2.45) is 0 Å². The predicted octanol–water partition coefficient (Wildman–Crippen LogP) is 15.5. The van der Waals surface area contributed by atoms with E-state index in [1.807, 2.05) is 0 Å². The minimum absolute atomic E-state index is 0.0684. The van der Waals surface area contributed by atoms with Crippen molar-refractivity contribution in [1.82, 2.24) is 4.57 Å². The van der Waals surface area contributed by atoms with Crippen molar-refractivity contribution in [3.63, 3.8) is 0 Å². The number of aromatic nitrogens is 1. The highest BCUT2D eigenvalue weighted by molar-refractivity contribution is 7.00. The molecule has 1 aromatic heterocycles. The number of para-hydroxylation sites is 1. The van der Waals surface area contributed by atoms with Gasteiger partial charge >= 0.3 is 0 Å². The first-order chi connectivity index (χ1) is 34.7. The van der Waals surface area contributed by atoms with Gasteiger partial charge in [0.1, 0.15) is 0 Å². The number of hydrogen-bond donors (Lipinski definition) is 0. The molecule has 0 saturated heterocycles. The Morgan fingerprint density at radius 2 is 0.757 bits per heavy atom. The molecule has 326 valence electrons. The van der Waals surface area contributed by atoms with E-state index in [9.17, 15) is 0 Å². The Kier molecular flexibility index (Phi) is 9.31. The van der Waals surface area contributed by atoms with Crippen LogP contribution in [0.2, 0.25) is 0 Å². The van der Waals surface area contributed by atoms with Crippen LogP contribution in [0.25, 0.3) is 72.0 Å². The van der Waals surface area contributed by atoms with Crippen LogP contribution in [0.4, 0.5) is 34.1 Å². The summed E-state index contributed by atoms with van der Waals surface area (Å²) in [5.41, 5.74) is 23.9. The zero-order valence-electron chi connectivity index (χ0n) is 38.3. The molecule has 0 fully saturated rings. The van der Waals surface area contributed by atoms with Crippen LogP contribution in [0, 0.1) is 0 Å². The second-order valence-electron chi connectivity index (χ2n) is 18.4. The van der Waals surface area contributed by atoms with E-state index in [4.69, 9.17) is 0 Å². The number of anilines is 6. The maximum atomic E-state index is 2.58. The van der Waals surface area contributed by atoms with E-state index in [1.54, 1.807) is 0 Å². The fraction of sp³-hybridized carbons (Fsp3) is 0. The van der Waals surface area contributed by atoms with Gasteiger partial charge in [0.05, 0.1) is 16.7 Å². The summed E-state index contributed by atoms with van der Waals surface area (Å²) in [7, 11) is 0. The van der Waals surface area contributed by atoms with Crippen molar-refractivity contribution in [3.8, 4) is 50.2 Å². The Hall–Kier alpha value is -9.12. The van der Waals surface area contributed by atoms with Gasteiger partial charge in [0, 0.05) is 44.9 Å². The molecular formula is C66H44BN3. The first-order valence-electron chi connectivity index (χ1n) is 24.2. The predicted molar refractivity (Wildman–Crippen MR) is 297 cm³/mol. The summed E-state index contributed by atoms with van der Waals surface area (Å²) in [5.74, 6) is 0. The Labute approximate surface area is 408 Å². The molecule has 11 aromatic carbocycles. The van der Waals surface area contributed by atoms with Crippen LogP contribution in [0.15, 0.2) is 267 Å². The van der Waals surface area contributed by atoms with E-state index < -0.39 is 0 Å². The average molecular weight is 890 g/mol. The van der Waals surface area contributed by atoms with Gasteiger partial charge in [0.2, 0.25) is 0 Å². The Morgan fingerprint density at radius 1 is 0.271 bits per heavy atom. The van der Waals surface area contributed by atoms with Crippen LogP contribution in [0.1, 0.15) is 0 Å². The molecule has 0 radical (unpaired) electrons. The van der Waals surface area contributed by atoms with Crippen molar-refractivity contribution < 1.29 is 0 Å². The van der Waals surface area contributed by atoms with Crippen LogP contribution < -0.4 is 26.2 Å². The van der Waals surface area contributed by atoms with Crippen molar-refractivity contribution >= 4 is 79.0 Å². The maximum Gasteiger partial charge on any atom is 0.252 e. The van der Waals surface area contributed by atoms with Gasteiger partial charge < -0.3 is 14.4 Å². The van der Waals surface area contributed by atoms with Gasteiger partial charge in [-0.2, -0.15) is 0 Å². The summed E-state index contributed by atoms with van der Waals surface area (Å²) >= 11 is 0. The minimum atomic E-state index is -0.0684. The molecule has 2 aliphatic rings. The zero-order chi connectivity index (χ0) is 46.1. The van der Waals surface area contributed by atoms with E-state index in [0.29, 0.717) is 0 Å². The minimum Gasteiger partial charge on any atom is -0.311 e. The van der Waals surface area contributed by atoms with Crippen molar-refractivity contribution in [3.05, 3.63) is 267 Å². The molecule has 4 heteroatoms. The molecular weight excluding hydrogens is 846 g/mol. The maximum absolute atomic E-state index is 2.58. The number of rotatable bonds is 7. The average Bonchev–Trinajstić information content (AvgIpc) is 3.79. The molecule has 0 atom stereocenters. The fourth-order valence-corrected chi connectivity index (χ4v) is 11.5. The molecule has 0 saturated carbocycles. The number of fused-ring (bicyclic) bond motifs is 8. The fourth-order valence-electron chi connectivity index (χ4n) is 11.5.